The Balaban J connectivity index is 1.52. The van der Waals surface area contributed by atoms with Crippen molar-refractivity contribution in [2.24, 2.45) is 11.1 Å². The van der Waals surface area contributed by atoms with Gasteiger partial charge < -0.3 is 10.2 Å². The number of nitrogens with one attached hydrogen (secondary N) is 1. The van der Waals surface area contributed by atoms with Crippen LogP contribution in [0, 0.1) is 23.0 Å². The molecule has 0 saturated carbocycles. The van der Waals surface area contributed by atoms with Gasteiger partial charge in [-0.25, -0.2) is 0 Å². The maximum Gasteiger partial charge on any atom is 0.271 e. The van der Waals surface area contributed by atoms with Crippen molar-refractivity contribution in [3.63, 3.8) is 0 Å². The van der Waals surface area contributed by atoms with E-state index in [1.54, 1.807) is 12.1 Å². The molecule has 180 valence electrons. The number of anilines is 3. The number of amidine groups is 1. The summed E-state index contributed by atoms with van der Waals surface area (Å²) in [6, 6.07) is 34.9. The topological polar surface area (TPSA) is 80.0 Å². The largest absolute Gasteiger partial charge is 0.385 e. The van der Waals surface area contributed by atoms with Crippen LogP contribution >= 0.6 is 0 Å². The number of nitro benzene ring substituents is 1. The van der Waals surface area contributed by atoms with Crippen molar-refractivity contribution in [2.45, 2.75) is 13.0 Å². The lowest BCUT2D eigenvalue weighted by molar-refractivity contribution is -0.384. The van der Waals surface area contributed by atoms with Gasteiger partial charge in [-0.2, -0.15) is 0 Å². The Kier molecular flexibility index (Phi) is 6.62. The standard InChI is InChI=1S/C29H26N4O3/c1-21-15-17-22(18-16-21)28-27(20-30-23-9-8-14-26(19-23)33(34)35)29(31-36-28)32(24-10-4-2-5-11-24)25-12-6-3-7-13-25/h2-19,27-28,30H,20H2,1H3. The Bertz CT molecular complexity index is 1320. The monoisotopic (exact) mass is 478 g/mol. The van der Waals surface area contributed by atoms with E-state index in [4.69, 9.17) is 4.84 Å². The van der Waals surface area contributed by atoms with E-state index < -0.39 is 4.92 Å². The summed E-state index contributed by atoms with van der Waals surface area (Å²) >= 11 is 0. The zero-order chi connectivity index (χ0) is 24.9. The van der Waals surface area contributed by atoms with Crippen molar-refractivity contribution in [2.75, 3.05) is 16.8 Å². The minimum Gasteiger partial charge on any atom is -0.385 e. The molecule has 0 aromatic heterocycles. The van der Waals surface area contributed by atoms with Gasteiger partial charge in [0, 0.05) is 35.7 Å². The summed E-state index contributed by atoms with van der Waals surface area (Å²) in [6.07, 6.45) is -0.318. The van der Waals surface area contributed by atoms with Crippen molar-refractivity contribution < 1.29 is 9.76 Å². The minimum absolute atomic E-state index is 0.0434. The van der Waals surface area contributed by atoms with Crippen molar-refractivity contribution in [3.05, 3.63) is 130 Å². The summed E-state index contributed by atoms with van der Waals surface area (Å²) in [5.74, 6) is 0.586. The number of nitro groups is 1. The highest BCUT2D eigenvalue weighted by atomic mass is 16.6. The molecule has 4 aromatic carbocycles. The van der Waals surface area contributed by atoms with E-state index in [0.717, 1.165) is 22.8 Å². The summed E-state index contributed by atoms with van der Waals surface area (Å²) < 4.78 is 0. The lowest BCUT2D eigenvalue weighted by Crippen LogP contribution is -2.36. The van der Waals surface area contributed by atoms with Crippen LogP contribution in [0.15, 0.2) is 114 Å². The molecule has 7 nitrogen and oxygen atoms in total. The maximum absolute atomic E-state index is 11.3. The zero-order valence-corrected chi connectivity index (χ0v) is 19.8. The molecular weight excluding hydrogens is 452 g/mol. The second-order valence-electron chi connectivity index (χ2n) is 8.69. The summed E-state index contributed by atoms with van der Waals surface area (Å²) in [6.45, 7) is 2.52. The van der Waals surface area contributed by atoms with E-state index >= 15 is 0 Å². The molecule has 0 fully saturated rings. The van der Waals surface area contributed by atoms with E-state index in [9.17, 15) is 10.1 Å². The molecule has 36 heavy (non-hydrogen) atoms. The van der Waals surface area contributed by atoms with Crippen LogP contribution < -0.4 is 10.2 Å². The molecule has 0 bridgehead atoms. The molecule has 2 unspecified atom stereocenters. The second kappa shape index (κ2) is 10.3. The number of non-ortho nitro benzene ring substituents is 1. The lowest BCUT2D eigenvalue weighted by Gasteiger charge is -2.29. The van der Waals surface area contributed by atoms with Crippen molar-refractivity contribution in [3.8, 4) is 0 Å². The van der Waals surface area contributed by atoms with Crippen LogP contribution in [0.3, 0.4) is 0 Å². The predicted molar refractivity (Wildman–Crippen MR) is 143 cm³/mol. The third kappa shape index (κ3) is 4.90. The van der Waals surface area contributed by atoms with Gasteiger partial charge in [0.25, 0.3) is 5.69 Å². The Morgan fingerprint density at radius 1 is 0.889 bits per heavy atom. The number of para-hydroxylation sites is 2. The van der Waals surface area contributed by atoms with Gasteiger partial charge in [0.2, 0.25) is 0 Å². The summed E-state index contributed by atoms with van der Waals surface area (Å²) in [4.78, 5) is 19.1. The molecule has 1 aliphatic heterocycles. The molecule has 1 heterocycles. The molecule has 4 aromatic rings. The van der Waals surface area contributed by atoms with E-state index in [2.05, 4.69) is 46.6 Å². The number of nitrogens with zero attached hydrogens (tertiary/aromatic N) is 3. The minimum atomic E-state index is -0.390. The van der Waals surface area contributed by atoms with Gasteiger partial charge in [0.05, 0.1) is 10.8 Å². The fourth-order valence-electron chi connectivity index (χ4n) is 4.37. The Hall–Kier alpha value is -4.65. The number of hydrogen-bond acceptors (Lipinski definition) is 6. The van der Waals surface area contributed by atoms with Gasteiger partial charge >= 0.3 is 0 Å². The average molecular weight is 479 g/mol. The molecule has 0 spiro atoms. The molecule has 0 amide bonds. The first-order valence-electron chi connectivity index (χ1n) is 11.8. The van der Waals surface area contributed by atoms with Crippen molar-refractivity contribution in [1.82, 2.24) is 0 Å². The molecule has 0 aliphatic carbocycles. The smallest absolute Gasteiger partial charge is 0.271 e. The molecule has 2 atom stereocenters. The summed E-state index contributed by atoms with van der Waals surface area (Å²) in [5.41, 5.74) is 4.84. The van der Waals surface area contributed by atoms with Crippen molar-refractivity contribution in [1.29, 1.82) is 0 Å². The highest BCUT2D eigenvalue weighted by molar-refractivity contribution is 6.06. The number of aryl methyl sites for hydroxylation is 1. The zero-order valence-electron chi connectivity index (χ0n) is 19.8. The molecule has 1 aliphatic rings. The molecule has 0 radical (unpaired) electrons. The average Bonchev–Trinajstić information content (AvgIpc) is 3.33. The fourth-order valence-corrected chi connectivity index (χ4v) is 4.37. The highest BCUT2D eigenvalue weighted by Gasteiger charge is 2.39. The van der Waals surface area contributed by atoms with Gasteiger partial charge in [-0.3, -0.25) is 15.0 Å². The third-order valence-electron chi connectivity index (χ3n) is 6.20. The van der Waals surface area contributed by atoms with Gasteiger partial charge in [0.1, 0.15) is 0 Å². The van der Waals surface area contributed by atoms with Crippen LogP contribution in [-0.2, 0) is 4.84 Å². The van der Waals surface area contributed by atoms with Crippen LogP contribution in [0.25, 0.3) is 0 Å². The number of oxime groups is 1. The normalized spacial score (nSPS) is 16.6. The van der Waals surface area contributed by atoms with E-state index in [1.807, 2.05) is 66.7 Å². The first kappa shape index (κ1) is 23.1. The van der Waals surface area contributed by atoms with Crippen LogP contribution in [0.1, 0.15) is 17.2 Å². The van der Waals surface area contributed by atoms with E-state index in [-0.39, 0.29) is 17.7 Å². The molecule has 5 rings (SSSR count). The number of rotatable bonds is 7. The Morgan fingerprint density at radius 2 is 1.53 bits per heavy atom. The maximum atomic E-state index is 11.3. The third-order valence-corrected chi connectivity index (χ3v) is 6.20. The fraction of sp³-hybridized carbons (Fsp3) is 0.138. The van der Waals surface area contributed by atoms with Gasteiger partial charge in [0.15, 0.2) is 11.9 Å². The van der Waals surface area contributed by atoms with Crippen molar-refractivity contribution >= 4 is 28.6 Å². The molecular formula is C29H26N4O3. The van der Waals surface area contributed by atoms with Crippen LogP contribution in [0.2, 0.25) is 0 Å². The molecule has 0 saturated heterocycles. The summed E-state index contributed by atoms with van der Waals surface area (Å²) in [5, 5.41) is 19.3. The second-order valence-corrected chi connectivity index (χ2v) is 8.69. The Labute approximate surface area is 209 Å². The molecule has 1 N–H and O–H groups in total. The SMILES string of the molecule is Cc1ccc(C2ON=C(N(c3ccccc3)c3ccccc3)C2CNc2cccc([N+](=O)[O-])c2)cc1. The lowest BCUT2D eigenvalue weighted by atomic mass is 9.93. The van der Waals surface area contributed by atoms with Crippen LogP contribution in [-0.4, -0.2) is 17.3 Å². The van der Waals surface area contributed by atoms with Crippen LogP contribution in [0.4, 0.5) is 22.7 Å². The van der Waals surface area contributed by atoms with E-state index in [0.29, 0.717) is 12.2 Å². The number of benzene rings is 4. The number of hydrogen-bond donors (Lipinski definition) is 1. The van der Waals surface area contributed by atoms with E-state index in [1.165, 1.54) is 11.6 Å². The van der Waals surface area contributed by atoms with Gasteiger partial charge in [-0.1, -0.05) is 77.4 Å². The first-order valence-corrected chi connectivity index (χ1v) is 11.8. The van der Waals surface area contributed by atoms with Gasteiger partial charge in [-0.05, 0) is 42.8 Å². The predicted octanol–water partition coefficient (Wildman–Crippen LogP) is 6.85. The summed E-state index contributed by atoms with van der Waals surface area (Å²) in [7, 11) is 0. The van der Waals surface area contributed by atoms with Gasteiger partial charge in [-0.15, -0.1) is 0 Å². The first-order chi connectivity index (χ1) is 17.6. The highest BCUT2D eigenvalue weighted by Crippen LogP contribution is 2.38. The Morgan fingerprint density at radius 3 is 2.14 bits per heavy atom. The molecule has 7 heteroatoms. The quantitative estimate of drug-likeness (QED) is 0.232. The van der Waals surface area contributed by atoms with Crippen LogP contribution in [0.5, 0.6) is 0 Å².